The van der Waals surface area contributed by atoms with Crippen LogP contribution in [0.3, 0.4) is 0 Å². The largest absolute Gasteiger partial charge is 0.376 e. The van der Waals surface area contributed by atoms with Crippen LogP contribution in [0.4, 0.5) is 4.39 Å². The molecule has 1 aromatic heterocycles. The Morgan fingerprint density at radius 3 is 2.93 bits per heavy atom. The molecule has 1 aliphatic rings. The number of amides is 1. The lowest BCUT2D eigenvalue weighted by atomic mass is 10.2. The predicted molar refractivity (Wildman–Crippen MR) is 98.4 cm³/mol. The maximum absolute atomic E-state index is 13.2. The Morgan fingerprint density at radius 2 is 2.22 bits per heavy atom. The van der Waals surface area contributed by atoms with Gasteiger partial charge in [-0.1, -0.05) is 11.8 Å². The van der Waals surface area contributed by atoms with Gasteiger partial charge >= 0.3 is 0 Å². The molecule has 0 radical (unpaired) electrons. The van der Waals surface area contributed by atoms with Gasteiger partial charge in [0, 0.05) is 18.7 Å². The maximum Gasteiger partial charge on any atom is 0.230 e. The topological polar surface area (TPSA) is 92.8 Å². The Balaban J connectivity index is 1.75. The van der Waals surface area contributed by atoms with E-state index in [0.717, 1.165) is 25.0 Å². The first-order valence-electron chi connectivity index (χ1n) is 8.74. The molecule has 0 bridgehead atoms. The predicted octanol–water partition coefficient (Wildman–Crippen LogP) is 2.39. The van der Waals surface area contributed by atoms with E-state index < -0.39 is 0 Å². The SMILES string of the molecule is N#CCCNC(=O)CSc1nnc(-c2ccc(F)cc2)n1C[C@H]1CCCO1. The van der Waals surface area contributed by atoms with Crippen LogP contribution in [0.2, 0.25) is 0 Å². The van der Waals surface area contributed by atoms with Crippen molar-refractivity contribution >= 4 is 17.7 Å². The third-order valence-corrected chi connectivity index (χ3v) is 5.09. The first kappa shape index (κ1) is 19.3. The Labute approximate surface area is 160 Å². The van der Waals surface area contributed by atoms with Gasteiger partial charge in [0.25, 0.3) is 0 Å². The highest BCUT2D eigenvalue weighted by Crippen LogP contribution is 2.26. The van der Waals surface area contributed by atoms with Crippen LogP contribution < -0.4 is 5.32 Å². The average Bonchev–Trinajstić information content (AvgIpc) is 3.32. The zero-order valence-corrected chi connectivity index (χ0v) is 15.5. The van der Waals surface area contributed by atoms with Gasteiger partial charge in [0.1, 0.15) is 5.82 Å². The van der Waals surface area contributed by atoms with Gasteiger partial charge < -0.3 is 10.1 Å². The molecule has 1 N–H and O–H groups in total. The Hall–Kier alpha value is -2.44. The zero-order chi connectivity index (χ0) is 19.1. The first-order chi connectivity index (χ1) is 13.2. The van der Waals surface area contributed by atoms with E-state index in [9.17, 15) is 9.18 Å². The smallest absolute Gasteiger partial charge is 0.230 e. The molecule has 1 amide bonds. The molecule has 142 valence electrons. The van der Waals surface area contributed by atoms with Crippen LogP contribution in [0.1, 0.15) is 19.3 Å². The van der Waals surface area contributed by atoms with Gasteiger partial charge in [-0.2, -0.15) is 5.26 Å². The van der Waals surface area contributed by atoms with Crippen LogP contribution in [0.5, 0.6) is 0 Å². The molecule has 0 aliphatic carbocycles. The number of halogens is 1. The fourth-order valence-electron chi connectivity index (χ4n) is 2.80. The van der Waals surface area contributed by atoms with Crippen molar-refractivity contribution in [3.8, 4) is 17.5 Å². The number of hydrogen-bond acceptors (Lipinski definition) is 6. The van der Waals surface area contributed by atoms with Gasteiger partial charge in [-0.15, -0.1) is 10.2 Å². The van der Waals surface area contributed by atoms with Crippen molar-refractivity contribution in [1.82, 2.24) is 20.1 Å². The number of thioether (sulfide) groups is 1. The van der Waals surface area contributed by atoms with E-state index in [-0.39, 0.29) is 30.0 Å². The second-order valence-corrected chi connectivity index (χ2v) is 7.05. The highest BCUT2D eigenvalue weighted by atomic mass is 32.2. The van der Waals surface area contributed by atoms with Gasteiger partial charge in [0.15, 0.2) is 11.0 Å². The second kappa shape index (κ2) is 9.48. The van der Waals surface area contributed by atoms with Crippen molar-refractivity contribution in [2.75, 3.05) is 18.9 Å². The van der Waals surface area contributed by atoms with Gasteiger partial charge in [0.2, 0.25) is 5.91 Å². The van der Waals surface area contributed by atoms with Crippen LogP contribution in [-0.2, 0) is 16.1 Å². The number of hydrogen-bond donors (Lipinski definition) is 1. The summed E-state index contributed by atoms with van der Waals surface area (Å²) < 4.78 is 20.9. The van der Waals surface area contributed by atoms with E-state index in [2.05, 4.69) is 15.5 Å². The first-order valence-corrected chi connectivity index (χ1v) is 9.73. The summed E-state index contributed by atoms with van der Waals surface area (Å²) in [6.07, 6.45) is 2.33. The average molecular weight is 389 g/mol. The number of rotatable bonds is 8. The van der Waals surface area contributed by atoms with Crippen LogP contribution in [0, 0.1) is 17.1 Å². The minimum atomic E-state index is -0.312. The molecule has 1 aliphatic heterocycles. The molecule has 3 rings (SSSR count). The van der Waals surface area contributed by atoms with E-state index in [1.807, 2.05) is 10.6 Å². The molecule has 1 saturated heterocycles. The van der Waals surface area contributed by atoms with E-state index in [1.165, 1.54) is 23.9 Å². The van der Waals surface area contributed by atoms with E-state index in [0.29, 0.717) is 24.1 Å². The molecule has 1 fully saturated rings. The molecule has 1 aromatic carbocycles. The lowest BCUT2D eigenvalue weighted by Crippen LogP contribution is -2.26. The van der Waals surface area contributed by atoms with E-state index in [4.69, 9.17) is 10.00 Å². The number of carbonyl (C=O) groups is 1. The van der Waals surface area contributed by atoms with Crippen molar-refractivity contribution in [3.63, 3.8) is 0 Å². The molecule has 0 unspecified atom stereocenters. The summed E-state index contributed by atoms with van der Waals surface area (Å²) in [4.78, 5) is 11.9. The third-order valence-electron chi connectivity index (χ3n) is 4.12. The second-order valence-electron chi connectivity index (χ2n) is 6.11. The Bertz CT molecular complexity index is 812. The standard InChI is InChI=1S/C18H20FN5O2S/c19-14-6-4-13(5-7-14)17-22-23-18(24(17)11-15-3-1-10-26-15)27-12-16(25)21-9-2-8-20/h4-7,15H,1-3,9-12H2,(H,21,25)/t15-/m1/s1. The van der Waals surface area contributed by atoms with Crippen molar-refractivity contribution in [1.29, 1.82) is 5.26 Å². The van der Waals surface area contributed by atoms with Gasteiger partial charge in [-0.05, 0) is 37.1 Å². The molecule has 1 atom stereocenters. The van der Waals surface area contributed by atoms with Crippen LogP contribution in [0.15, 0.2) is 29.4 Å². The molecule has 2 heterocycles. The molecule has 2 aromatic rings. The Kier molecular flexibility index (Phi) is 6.79. The monoisotopic (exact) mass is 389 g/mol. The normalized spacial score (nSPS) is 16.2. The van der Waals surface area contributed by atoms with E-state index >= 15 is 0 Å². The fourth-order valence-corrected chi connectivity index (χ4v) is 3.58. The zero-order valence-electron chi connectivity index (χ0n) is 14.7. The lowest BCUT2D eigenvalue weighted by Gasteiger charge is -2.14. The van der Waals surface area contributed by atoms with Gasteiger partial charge in [-0.25, -0.2) is 4.39 Å². The minimum Gasteiger partial charge on any atom is -0.376 e. The number of nitrogens with zero attached hydrogens (tertiary/aromatic N) is 4. The summed E-state index contributed by atoms with van der Waals surface area (Å²) in [5.74, 6) is 0.328. The number of aromatic nitrogens is 3. The van der Waals surface area contributed by atoms with E-state index in [1.54, 1.807) is 12.1 Å². The van der Waals surface area contributed by atoms with Crippen molar-refractivity contribution in [2.45, 2.75) is 37.1 Å². The molecular formula is C18H20FN5O2S. The summed E-state index contributed by atoms with van der Waals surface area (Å²) in [6.45, 7) is 1.65. The summed E-state index contributed by atoms with van der Waals surface area (Å²) in [6, 6.07) is 8.08. The van der Waals surface area contributed by atoms with Crippen molar-refractivity contribution in [3.05, 3.63) is 30.1 Å². The Morgan fingerprint density at radius 1 is 1.41 bits per heavy atom. The quantitative estimate of drug-likeness (QED) is 0.550. The van der Waals surface area contributed by atoms with Crippen LogP contribution >= 0.6 is 11.8 Å². The summed E-state index contributed by atoms with van der Waals surface area (Å²) >= 11 is 1.28. The van der Waals surface area contributed by atoms with Gasteiger partial charge in [-0.3, -0.25) is 9.36 Å². The lowest BCUT2D eigenvalue weighted by molar-refractivity contribution is -0.118. The van der Waals surface area contributed by atoms with Crippen molar-refractivity contribution < 1.29 is 13.9 Å². The molecule has 0 saturated carbocycles. The summed E-state index contributed by atoms with van der Waals surface area (Å²) in [5.41, 5.74) is 0.757. The number of benzene rings is 1. The van der Waals surface area contributed by atoms with Crippen LogP contribution in [0.25, 0.3) is 11.4 Å². The number of ether oxygens (including phenoxy) is 1. The minimum absolute atomic E-state index is 0.0732. The highest BCUT2D eigenvalue weighted by molar-refractivity contribution is 7.99. The highest BCUT2D eigenvalue weighted by Gasteiger charge is 2.22. The molecule has 7 nitrogen and oxygen atoms in total. The summed E-state index contributed by atoms with van der Waals surface area (Å²) in [5, 5.41) is 20.3. The maximum atomic E-state index is 13.2. The molecular weight excluding hydrogens is 369 g/mol. The fraction of sp³-hybridized carbons (Fsp3) is 0.444. The number of nitriles is 1. The molecule has 9 heteroatoms. The van der Waals surface area contributed by atoms with Crippen molar-refractivity contribution in [2.24, 2.45) is 0 Å². The van der Waals surface area contributed by atoms with Crippen LogP contribution in [-0.4, -0.2) is 45.7 Å². The molecule has 0 spiro atoms. The third kappa shape index (κ3) is 5.28. The number of nitrogens with one attached hydrogen (secondary N) is 1. The van der Waals surface area contributed by atoms with Gasteiger partial charge in [0.05, 0.1) is 30.9 Å². The number of carbonyl (C=O) groups excluding carboxylic acids is 1. The molecule has 27 heavy (non-hydrogen) atoms. The summed E-state index contributed by atoms with van der Waals surface area (Å²) in [7, 11) is 0.